The van der Waals surface area contributed by atoms with Crippen LogP contribution in [0.3, 0.4) is 0 Å². The van der Waals surface area contributed by atoms with E-state index in [0.717, 1.165) is 50.5 Å². The van der Waals surface area contributed by atoms with E-state index in [2.05, 4.69) is 28.8 Å². The van der Waals surface area contributed by atoms with Gasteiger partial charge in [-0.05, 0) is 37.9 Å². The van der Waals surface area contributed by atoms with Crippen LogP contribution in [0.4, 0.5) is 10.1 Å². The summed E-state index contributed by atoms with van der Waals surface area (Å²) in [5.41, 5.74) is 7.42. The first-order chi connectivity index (χ1) is 9.58. The van der Waals surface area contributed by atoms with Crippen molar-refractivity contribution >= 4 is 5.69 Å². The third-order valence-electron chi connectivity index (χ3n) is 3.78. The molecular weight excluding hydrogens is 255 g/mol. The largest absolute Gasteiger partial charge is 0.369 e. The molecule has 1 aromatic carbocycles. The normalized spacial score (nSPS) is 16.9. The average Bonchev–Trinajstić information content (AvgIpc) is 2.45. The van der Waals surface area contributed by atoms with Crippen molar-refractivity contribution in [3.8, 4) is 0 Å². The van der Waals surface area contributed by atoms with Crippen molar-refractivity contribution < 1.29 is 4.39 Å². The molecule has 0 atom stereocenters. The molecule has 1 fully saturated rings. The summed E-state index contributed by atoms with van der Waals surface area (Å²) >= 11 is 0. The summed E-state index contributed by atoms with van der Waals surface area (Å²) in [4.78, 5) is 6.90. The molecule has 0 bridgehead atoms. The highest BCUT2D eigenvalue weighted by molar-refractivity contribution is 5.49. The van der Waals surface area contributed by atoms with Crippen LogP contribution in [0.15, 0.2) is 18.2 Å². The second-order valence-electron chi connectivity index (χ2n) is 5.65. The molecule has 0 radical (unpaired) electrons. The summed E-state index contributed by atoms with van der Waals surface area (Å²) in [7, 11) is 4.19. The highest BCUT2D eigenvalue weighted by Crippen LogP contribution is 2.20. The smallest absolute Gasteiger partial charge is 0.125 e. The number of benzene rings is 1. The SMILES string of the molecule is CN(C)CCN1CCN(c2cc(F)cc(CN)c2)CC1. The van der Waals surface area contributed by atoms with Crippen LogP contribution in [-0.2, 0) is 6.54 Å². The van der Waals surface area contributed by atoms with Gasteiger partial charge in [0.05, 0.1) is 0 Å². The van der Waals surface area contributed by atoms with Crippen LogP contribution in [0.2, 0.25) is 0 Å². The summed E-state index contributed by atoms with van der Waals surface area (Å²) in [6.07, 6.45) is 0. The van der Waals surface area contributed by atoms with Gasteiger partial charge in [0.15, 0.2) is 0 Å². The molecule has 0 saturated carbocycles. The Morgan fingerprint density at radius 3 is 2.45 bits per heavy atom. The minimum Gasteiger partial charge on any atom is -0.369 e. The summed E-state index contributed by atoms with van der Waals surface area (Å²) in [5, 5.41) is 0. The van der Waals surface area contributed by atoms with Gasteiger partial charge in [-0.3, -0.25) is 4.90 Å². The number of halogens is 1. The summed E-state index contributed by atoms with van der Waals surface area (Å²) in [5.74, 6) is -0.196. The third-order valence-corrected chi connectivity index (χ3v) is 3.78. The predicted molar refractivity (Wildman–Crippen MR) is 81.5 cm³/mol. The minimum absolute atomic E-state index is 0.196. The zero-order chi connectivity index (χ0) is 14.5. The highest BCUT2D eigenvalue weighted by Gasteiger charge is 2.17. The fourth-order valence-electron chi connectivity index (χ4n) is 2.50. The van der Waals surface area contributed by atoms with Gasteiger partial charge in [-0.2, -0.15) is 0 Å². The second-order valence-corrected chi connectivity index (χ2v) is 5.65. The molecule has 112 valence electrons. The van der Waals surface area contributed by atoms with Gasteiger partial charge < -0.3 is 15.5 Å². The van der Waals surface area contributed by atoms with Gasteiger partial charge >= 0.3 is 0 Å². The van der Waals surface area contributed by atoms with E-state index in [0.29, 0.717) is 6.54 Å². The first-order valence-electron chi connectivity index (χ1n) is 7.20. The second kappa shape index (κ2) is 7.02. The van der Waals surface area contributed by atoms with Crippen LogP contribution < -0.4 is 10.6 Å². The molecule has 2 rings (SSSR count). The average molecular weight is 280 g/mol. The van der Waals surface area contributed by atoms with Crippen LogP contribution in [0.25, 0.3) is 0 Å². The first-order valence-corrected chi connectivity index (χ1v) is 7.20. The predicted octanol–water partition coefficient (Wildman–Crippen LogP) is 0.968. The Bertz CT molecular complexity index is 428. The zero-order valence-corrected chi connectivity index (χ0v) is 12.5. The van der Waals surface area contributed by atoms with E-state index in [1.54, 1.807) is 6.07 Å². The highest BCUT2D eigenvalue weighted by atomic mass is 19.1. The molecule has 0 aromatic heterocycles. The van der Waals surface area contributed by atoms with Crippen LogP contribution in [0.1, 0.15) is 5.56 Å². The molecule has 20 heavy (non-hydrogen) atoms. The van der Waals surface area contributed by atoms with Gasteiger partial charge in [0, 0.05) is 51.5 Å². The number of hydrogen-bond donors (Lipinski definition) is 1. The molecule has 1 aromatic rings. The van der Waals surface area contributed by atoms with Crippen molar-refractivity contribution in [2.24, 2.45) is 5.73 Å². The van der Waals surface area contributed by atoms with Crippen molar-refractivity contribution in [3.05, 3.63) is 29.6 Å². The minimum atomic E-state index is -0.196. The molecule has 5 heteroatoms. The van der Waals surface area contributed by atoms with Crippen LogP contribution in [-0.4, -0.2) is 63.2 Å². The standard InChI is InChI=1S/C15H25FN4/c1-18(2)3-4-19-5-7-20(8-6-19)15-10-13(12-17)9-14(16)11-15/h9-11H,3-8,12,17H2,1-2H3. The van der Waals surface area contributed by atoms with Crippen molar-refractivity contribution in [1.82, 2.24) is 9.80 Å². The molecule has 0 spiro atoms. The number of likely N-dealkylation sites (N-methyl/N-ethyl adjacent to an activating group) is 1. The fraction of sp³-hybridized carbons (Fsp3) is 0.600. The summed E-state index contributed by atoms with van der Waals surface area (Å²) in [6.45, 7) is 6.51. The van der Waals surface area contributed by atoms with Crippen LogP contribution in [0.5, 0.6) is 0 Å². The summed E-state index contributed by atoms with van der Waals surface area (Å²) in [6, 6.07) is 5.12. The fourth-order valence-corrected chi connectivity index (χ4v) is 2.50. The Morgan fingerprint density at radius 2 is 1.85 bits per heavy atom. The van der Waals surface area contributed by atoms with E-state index in [4.69, 9.17) is 5.73 Å². The van der Waals surface area contributed by atoms with Gasteiger partial charge in [-0.25, -0.2) is 4.39 Å². The lowest BCUT2D eigenvalue weighted by Crippen LogP contribution is -2.48. The van der Waals surface area contributed by atoms with Crippen molar-refractivity contribution in [1.29, 1.82) is 0 Å². The molecule has 1 aliphatic heterocycles. The monoisotopic (exact) mass is 280 g/mol. The van der Waals surface area contributed by atoms with Crippen molar-refractivity contribution in [3.63, 3.8) is 0 Å². The number of nitrogens with two attached hydrogens (primary N) is 1. The maximum absolute atomic E-state index is 13.6. The molecule has 0 unspecified atom stereocenters. The number of piperazine rings is 1. The van der Waals surface area contributed by atoms with Gasteiger partial charge in [-0.1, -0.05) is 0 Å². The van der Waals surface area contributed by atoms with E-state index in [1.165, 1.54) is 6.07 Å². The van der Waals surface area contributed by atoms with Gasteiger partial charge in [0.2, 0.25) is 0 Å². The number of hydrogen-bond acceptors (Lipinski definition) is 4. The maximum Gasteiger partial charge on any atom is 0.125 e. The molecular formula is C15H25FN4. The molecule has 1 aliphatic rings. The number of anilines is 1. The van der Waals surface area contributed by atoms with E-state index in [9.17, 15) is 4.39 Å². The molecule has 1 saturated heterocycles. The van der Waals surface area contributed by atoms with Gasteiger partial charge in [-0.15, -0.1) is 0 Å². The number of rotatable bonds is 5. The Balaban J connectivity index is 1.91. The van der Waals surface area contributed by atoms with E-state index >= 15 is 0 Å². The van der Waals surface area contributed by atoms with Crippen molar-refractivity contribution in [2.45, 2.75) is 6.54 Å². The lowest BCUT2D eigenvalue weighted by Gasteiger charge is -2.36. The topological polar surface area (TPSA) is 35.7 Å². The van der Waals surface area contributed by atoms with E-state index in [1.807, 2.05) is 6.07 Å². The van der Waals surface area contributed by atoms with E-state index in [-0.39, 0.29) is 5.82 Å². The third kappa shape index (κ3) is 4.16. The molecule has 0 aliphatic carbocycles. The molecule has 2 N–H and O–H groups in total. The van der Waals surface area contributed by atoms with Gasteiger partial charge in [0.25, 0.3) is 0 Å². The Hall–Kier alpha value is -1.17. The molecule has 1 heterocycles. The van der Waals surface area contributed by atoms with Gasteiger partial charge in [0.1, 0.15) is 5.82 Å². The zero-order valence-electron chi connectivity index (χ0n) is 12.5. The van der Waals surface area contributed by atoms with Crippen LogP contribution >= 0.6 is 0 Å². The Morgan fingerprint density at radius 1 is 1.15 bits per heavy atom. The molecule has 4 nitrogen and oxygen atoms in total. The first kappa shape index (κ1) is 15.2. The maximum atomic E-state index is 13.6. The molecule has 0 amide bonds. The Kier molecular flexibility index (Phi) is 5.34. The lowest BCUT2D eigenvalue weighted by molar-refractivity contribution is 0.229. The van der Waals surface area contributed by atoms with Crippen molar-refractivity contribution in [2.75, 3.05) is 58.3 Å². The quantitative estimate of drug-likeness (QED) is 0.872. The lowest BCUT2D eigenvalue weighted by atomic mass is 10.1. The Labute approximate surface area is 120 Å². The van der Waals surface area contributed by atoms with Crippen LogP contribution in [0, 0.1) is 5.82 Å². The van der Waals surface area contributed by atoms with E-state index < -0.39 is 0 Å². The number of nitrogens with zero attached hydrogens (tertiary/aromatic N) is 3. The summed E-state index contributed by atoms with van der Waals surface area (Å²) < 4.78 is 13.6.